The number of nitrogens with one attached hydrogen (secondary N) is 1. The van der Waals surface area contributed by atoms with Crippen LogP contribution in [-0.4, -0.2) is 22.2 Å². The van der Waals surface area contributed by atoms with Crippen LogP contribution in [0.15, 0.2) is 60.7 Å². The molecule has 3 aromatic carbocycles. The predicted octanol–water partition coefficient (Wildman–Crippen LogP) is 6.61. The Bertz CT molecular complexity index is 1150. The summed E-state index contributed by atoms with van der Waals surface area (Å²) in [6.07, 6.45) is -0.878. The largest absolute Gasteiger partial charge is 0.508 e. The third-order valence-corrected chi connectivity index (χ3v) is 7.06. The van der Waals surface area contributed by atoms with Crippen molar-refractivity contribution in [3.8, 4) is 5.75 Å². The van der Waals surface area contributed by atoms with Crippen LogP contribution in [0.1, 0.15) is 39.0 Å². The van der Waals surface area contributed by atoms with E-state index < -0.39 is 30.5 Å². The molecule has 32 heavy (non-hydrogen) atoms. The van der Waals surface area contributed by atoms with Gasteiger partial charge in [0.25, 0.3) is 5.69 Å². The first-order valence-electron chi connectivity index (χ1n) is 10.3. The molecule has 1 atom stereocenters. The van der Waals surface area contributed by atoms with Crippen LogP contribution in [0.4, 0.5) is 11.4 Å². The van der Waals surface area contributed by atoms with E-state index in [-0.39, 0.29) is 11.4 Å². The molecule has 0 heterocycles. The Labute approximate surface area is 186 Å². The first-order chi connectivity index (χ1) is 15.1. The van der Waals surface area contributed by atoms with Gasteiger partial charge in [-0.15, -0.1) is 0 Å². The van der Waals surface area contributed by atoms with E-state index in [1.54, 1.807) is 39.8 Å². The van der Waals surface area contributed by atoms with Crippen molar-refractivity contribution in [2.24, 2.45) is 0 Å². The Hall–Kier alpha value is -2.93. The maximum Gasteiger partial charge on any atom is 0.357 e. The molecule has 0 aromatic heterocycles. The second-order valence-corrected chi connectivity index (χ2v) is 9.94. The van der Waals surface area contributed by atoms with Gasteiger partial charge in [0, 0.05) is 23.4 Å². The van der Waals surface area contributed by atoms with Gasteiger partial charge in [-0.1, -0.05) is 36.4 Å². The summed E-state index contributed by atoms with van der Waals surface area (Å²) in [5, 5.41) is 26.7. The number of nitro groups is 1. The van der Waals surface area contributed by atoms with Gasteiger partial charge in [-0.3, -0.25) is 14.7 Å². The minimum atomic E-state index is -3.94. The Morgan fingerprint density at radius 3 is 2.25 bits per heavy atom. The highest BCUT2D eigenvalue weighted by molar-refractivity contribution is 7.54. The van der Waals surface area contributed by atoms with Crippen molar-refractivity contribution >= 4 is 29.7 Å². The lowest BCUT2D eigenvalue weighted by atomic mass is 10.0. The number of nitrogens with zero attached hydrogens (tertiary/aromatic N) is 1. The number of phenols is 1. The van der Waals surface area contributed by atoms with Crippen molar-refractivity contribution in [2.45, 2.75) is 45.7 Å². The molecular weight excluding hydrogens is 431 g/mol. The molecular formula is C23H27N2O6P. The zero-order chi connectivity index (χ0) is 23.5. The lowest BCUT2D eigenvalue weighted by Gasteiger charge is -2.32. The van der Waals surface area contributed by atoms with Crippen molar-refractivity contribution in [3.63, 3.8) is 0 Å². The molecule has 0 fully saturated rings. The third kappa shape index (κ3) is 5.27. The molecule has 0 bridgehead atoms. The monoisotopic (exact) mass is 458 g/mol. The molecule has 0 saturated heterocycles. The molecule has 0 spiro atoms. The van der Waals surface area contributed by atoms with Crippen molar-refractivity contribution < 1.29 is 23.6 Å². The van der Waals surface area contributed by atoms with Gasteiger partial charge in [0.05, 0.1) is 17.1 Å². The van der Waals surface area contributed by atoms with Crippen LogP contribution in [-0.2, 0) is 13.6 Å². The first-order valence-corrected chi connectivity index (χ1v) is 11.9. The van der Waals surface area contributed by atoms with Gasteiger partial charge in [-0.2, -0.15) is 0 Å². The van der Waals surface area contributed by atoms with Crippen LogP contribution in [0.25, 0.3) is 10.8 Å². The summed E-state index contributed by atoms with van der Waals surface area (Å²) in [6, 6.07) is 16.5. The lowest BCUT2D eigenvalue weighted by Crippen LogP contribution is -2.19. The van der Waals surface area contributed by atoms with Crippen LogP contribution < -0.4 is 5.32 Å². The predicted molar refractivity (Wildman–Crippen MR) is 125 cm³/mol. The van der Waals surface area contributed by atoms with Crippen LogP contribution in [0.2, 0.25) is 0 Å². The Balaban J connectivity index is 2.24. The molecule has 0 saturated carbocycles. The van der Waals surface area contributed by atoms with Crippen molar-refractivity contribution in [2.75, 3.05) is 5.32 Å². The van der Waals surface area contributed by atoms with Crippen LogP contribution in [0, 0.1) is 10.1 Å². The number of hydrogen-bond donors (Lipinski definition) is 2. The van der Waals surface area contributed by atoms with Gasteiger partial charge in [-0.05, 0) is 50.6 Å². The van der Waals surface area contributed by atoms with E-state index in [4.69, 9.17) is 9.05 Å². The number of benzene rings is 3. The van der Waals surface area contributed by atoms with Crippen LogP contribution >= 0.6 is 7.60 Å². The molecule has 0 radical (unpaired) electrons. The second-order valence-electron chi connectivity index (χ2n) is 7.92. The molecule has 2 N–H and O–H groups in total. The van der Waals surface area contributed by atoms with E-state index in [0.717, 1.165) is 5.39 Å². The number of aromatic hydroxyl groups is 1. The average Bonchev–Trinajstić information content (AvgIpc) is 2.71. The Morgan fingerprint density at radius 2 is 1.62 bits per heavy atom. The highest BCUT2D eigenvalue weighted by atomic mass is 31.2. The lowest BCUT2D eigenvalue weighted by molar-refractivity contribution is -0.384. The topological polar surface area (TPSA) is 111 Å². The Morgan fingerprint density at radius 1 is 0.969 bits per heavy atom. The van der Waals surface area contributed by atoms with Gasteiger partial charge in [0.15, 0.2) is 5.78 Å². The summed E-state index contributed by atoms with van der Waals surface area (Å²) in [6.45, 7) is 6.96. The number of phenolic OH excluding ortho intramolecular Hbond substituents is 1. The summed E-state index contributed by atoms with van der Waals surface area (Å²) in [7, 11) is -3.94. The van der Waals surface area contributed by atoms with Crippen molar-refractivity contribution in [3.05, 3.63) is 76.3 Å². The zero-order valence-corrected chi connectivity index (χ0v) is 19.3. The average molecular weight is 458 g/mol. The second kappa shape index (κ2) is 9.69. The third-order valence-electron chi connectivity index (χ3n) is 4.61. The number of anilines is 1. The van der Waals surface area contributed by atoms with Gasteiger partial charge in [0.1, 0.15) is 5.75 Å². The number of hydrogen-bond acceptors (Lipinski definition) is 7. The summed E-state index contributed by atoms with van der Waals surface area (Å²) in [5.41, 5.74) is 0.552. The van der Waals surface area contributed by atoms with Crippen LogP contribution in [0.3, 0.4) is 0 Å². The number of fused-ring (bicyclic) bond motifs is 1. The highest BCUT2D eigenvalue weighted by Gasteiger charge is 2.41. The molecule has 0 aliphatic heterocycles. The molecule has 170 valence electrons. The fraction of sp³-hybridized carbons (Fsp3) is 0.304. The molecule has 8 nitrogen and oxygen atoms in total. The molecule has 3 aromatic rings. The minimum Gasteiger partial charge on any atom is -0.508 e. The van der Waals surface area contributed by atoms with E-state index >= 15 is 0 Å². The summed E-state index contributed by atoms with van der Waals surface area (Å²) < 4.78 is 25.9. The fourth-order valence-electron chi connectivity index (χ4n) is 3.48. The Kier molecular flexibility index (Phi) is 7.19. The summed E-state index contributed by atoms with van der Waals surface area (Å²) >= 11 is 0. The standard InChI is InChI=1S/C23H27N2O6P/c1-15(2)30-32(29,31-16(3)4)23(24-18-9-7-10-19(14-18)25(27)28)22-20-11-6-5-8-17(20)12-13-21(22)26/h5-16,23-24,26H,1-4H3. The summed E-state index contributed by atoms with van der Waals surface area (Å²) in [5.74, 6) is -1.22. The quantitative estimate of drug-likeness (QED) is 0.211. The van der Waals surface area contributed by atoms with E-state index in [9.17, 15) is 19.8 Å². The zero-order valence-electron chi connectivity index (χ0n) is 18.4. The molecule has 0 aliphatic rings. The summed E-state index contributed by atoms with van der Waals surface area (Å²) in [4.78, 5) is 10.7. The minimum absolute atomic E-state index is 0.0911. The smallest absolute Gasteiger partial charge is 0.357 e. The van der Waals surface area contributed by atoms with Crippen molar-refractivity contribution in [1.82, 2.24) is 0 Å². The van der Waals surface area contributed by atoms with Gasteiger partial charge in [0.2, 0.25) is 0 Å². The maximum atomic E-state index is 14.2. The van der Waals surface area contributed by atoms with E-state index in [2.05, 4.69) is 5.32 Å². The molecule has 9 heteroatoms. The highest BCUT2D eigenvalue weighted by Crippen LogP contribution is 2.64. The van der Waals surface area contributed by atoms with E-state index in [0.29, 0.717) is 16.6 Å². The number of non-ortho nitro benzene ring substituents is 1. The molecule has 0 amide bonds. The normalized spacial score (nSPS) is 12.9. The molecule has 1 unspecified atom stereocenters. The van der Waals surface area contributed by atoms with Gasteiger partial charge < -0.3 is 19.5 Å². The number of nitro benzene ring substituents is 1. The van der Waals surface area contributed by atoms with Crippen molar-refractivity contribution in [1.29, 1.82) is 0 Å². The van der Waals surface area contributed by atoms with Gasteiger partial charge >= 0.3 is 7.60 Å². The number of rotatable bonds is 9. The molecule has 3 rings (SSSR count). The van der Waals surface area contributed by atoms with E-state index in [1.807, 2.05) is 24.3 Å². The maximum absolute atomic E-state index is 14.2. The first kappa shape index (κ1) is 23.7. The van der Waals surface area contributed by atoms with Gasteiger partial charge in [-0.25, -0.2) is 0 Å². The molecule has 0 aliphatic carbocycles. The SMILES string of the molecule is CC(C)OP(=O)(OC(C)C)C(Nc1cccc([N+](=O)[O-])c1)c1c(O)ccc2ccccc12. The fourth-order valence-corrected chi connectivity index (χ4v) is 5.85. The van der Waals surface area contributed by atoms with E-state index in [1.165, 1.54) is 24.3 Å². The van der Waals surface area contributed by atoms with Crippen LogP contribution in [0.5, 0.6) is 5.75 Å².